The fourth-order valence-electron chi connectivity index (χ4n) is 2.68. The minimum atomic E-state index is -0.460. The van der Waals surface area contributed by atoms with Crippen LogP contribution in [0.5, 0.6) is 5.75 Å². The van der Waals surface area contributed by atoms with Gasteiger partial charge in [0.1, 0.15) is 5.75 Å². The lowest BCUT2D eigenvalue weighted by molar-refractivity contribution is -0.124. The molecule has 7 heteroatoms. The van der Waals surface area contributed by atoms with E-state index < -0.39 is 11.8 Å². The highest BCUT2D eigenvalue weighted by atomic mass is 16.5. The third-order valence-corrected chi connectivity index (χ3v) is 4.56. The van der Waals surface area contributed by atoms with Gasteiger partial charge >= 0.3 is 0 Å². The van der Waals surface area contributed by atoms with Gasteiger partial charge in [-0.15, -0.1) is 0 Å². The molecule has 0 fully saturated rings. The monoisotopic (exact) mass is 411 g/mol. The topological polar surface area (TPSA) is 96.5 Å². The summed E-state index contributed by atoms with van der Waals surface area (Å²) in [4.78, 5) is 36.3. The Morgan fingerprint density at radius 1 is 0.967 bits per heavy atom. The van der Waals surface area contributed by atoms with Crippen LogP contribution >= 0.6 is 0 Å². The molecule has 0 heterocycles. The maximum atomic E-state index is 12.2. The van der Waals surface area contributed by atoms with E-state index in [1.54, 1.807) is 24.3 Å². The Hall–Kier alpha value is -3.35. The number of aryl methyl sites for hydroxylation is 2. The van der Waals surface area contributed by atoms with Crippen molar-refractivity contribution in [3.8, 4) is 5.75 Å². The predicted octanol–water partition coefficient (Wildman–Crippen LogP) is 3.66. The first-order chi connectivity index (χ1) is 14.3. The fraction of sp³-hybridized carbons (Fsp3) is 0.348. The van der Waals surface area contributed by atoms with Crippen molar-refractivity contribution >= 4 is 23.4 Å². The van der Waals surface area contributed by atoms with Gasteiger partial charge < -0.3 is 10.1 Å². The molecule has 1 unspecified atom stereocenters. The molecular weight excluding hydrogens is 382 g/mol. The summed E-state index contributed by atoms with van der Waals surface area (Å²) in [7, 11) is 0. The van der Waals surface area contributed by atoms with E-state index in [1.807, 2.05) is 45.9 Å². The minimum Gasteiger partial charge on any atom is -0.491 e. The van der Waals surface area contributed by atoms with Crippen LogP contribution in [0.4, 0.5) is 5.69 Å². The number of hydrogen-bond acceptors (Lipinski definition) is 4. The largest absolute Gasteiger partial charge is 0.491 e. The van der Waals surface area contributed by atoms with Crippen molar-refractivity contribution < 1.29 is 19.1 Å². The highest BCUT2D eigenvalue weighted by Crippen LogP contribution is 2.17. The predicted molar refractivity (Wildman–Crippen MR) is 116 cm³/mol. The fourth-order valence-corrected chi connectivity index (χ4v) is 2.68. The lowest BCUT2D eigenvalue weighted by Crippen LogP contribution is -2.41. The molecule has 2 aromatic carbocycles. The van der Waals surface area contributed by atoms with Gasteiger partial charge in [0.05, 0.1) is 6.10 Å². The first-order valence-corrected chi connectivity index (χ1v) is 10.0. The van der Waals surface area contributed by atoms with Crippen LogP contribution in [0, 0.1) is 13.8 Å². The zero-order chi connectivity index (χ0) is 22.1. The summed E-state index contributed by atoms with van der Waals surface area (Å²) >= 11 is 0. The lowest BCUT2D eigenvalue weighted by Gasteiger charge is -2.13. The molecule has 160 valence electrons. The molecule has 0 saturated carbocycles. The number of nitrogens with one attached hydrogen (secondary N) is 3. The number of carbonyl (C=O) groups excluding carboxylic acids is 3. The third kappa shape index (κ3) is 7.24. The average molecular weight is 412 g/mol. The van der Waals surface area contributed by atoms with Gasteiger partial charge in [-0.25, -0.2) is 0 Å². The van der Waals surface area contributed by atoms with Gasteiger partial charge in [0.2, 0.25) is 11.8 Å². The molecule has 0 radical (unpaired) electrons. The second-order valence-corrected chi connectivity index (χ2v) is 7.23. The van der Waals surface area contributed by atoms with E-state index >= 15 is 0 Å². The molecule has 0 aromatic heterocycles. The smallest absolute Gasteiger partial charge is 0.269 e. The van der Waals surface area contributed by atoms with Gasteiger partial charge in [0.15, 0.2) is 0 Å². The van der Waals surface area contributed by atoms with Gasteiger partial charge in [-0.2, -0.15) is 0 Å². The summed E-state index contributed by atoms with van der Waals surface area (Å²) in [6.07, 6.45) is 0.850. The molecule has 2 aromatic rings. The number of ether oxygens (including phenoxy) is 1. The Labute approximate surface area is 177 Å². The average Bonchev–Trinajstić information content (AvgIpc) is 2.72. The second-order valence-electron chi connectivity index (χ2n) is 7.23. The Morgan fingerprint density at radius 3 is 2.40 bits per heavy atom. The van der Waals surface area contributed by atoms with Crippen LogP contribution in [0.15, 0.2) is 42.5 Å². The third-order valence-electron chi connectivity index (χ3n) is 4.56. The number of hydrogen-bond donors (Lipinski definition) is 3. The van der Waals surface area contributed by atoms with Crippen molar-refractivity contribution in [2.24, 2.45) is 0 Å². The van der Waals surface area contributed by atoms with Crippen molar-refractivity contribution in [1.82, 2.24) is 10.9 Å². The summed E-state index contributed by atoms with van der Waals surface area (Å²) in [5.74, 6) is -0.589. The van der Waals surface area contributed by atoms with Crippen LogP contribution in [0.25, 0.3) is 0 Å². The van der Waals surface area contributed by atoms with E-state index in [-0.39, 0.29) is 24.9 Å². The zero-order valence-corrected chi connectivity index (χ0v) is 17.9. The van der Waals surface area contributed by atoms with E-state index in [0.717, 1.165) is 23.2 Å². The van der Waals surface area contributed by atoms with Crippen LogP contribution in [-0.2, 0) is 9.59 Å². The molecule has 1 atom stereocenters. The van der Waals surface area contributed by atoms with Crippen LogP contribution in [0.1, 0.15) is 54.6 Å². The minimum absolute atomic E-state index is 0.00719. The molecule has 0 aliphatic heterocycles. The van der Waals surface area contributed by atoms with Crippen molar-refractivity contribution in [3.63, 3.8) is 0 Å². The maximum Gasteiger partial charge on any atom is 0.269 e. The van der Waals surface area contributed by atoms with E-state index in [2.05, 4.69) is 16.2 Å². The van der Waals surface area contributed by atoms with Crippen molar-refractivity contribution in [2.75, 3.05) is 5.32 Å². The normalized spacial score (nSPS) is 11.3. The molecular formula is C23H29N3O4. The van der Waals surface area contributed by atoms with Crippen LogP contribution in [0.3, 0.4) is 0 Å². The van der Waals surface area contributed by atoms with Crippen molar-refractivity contribution in [2.45, 2.75) is 53.1 Å². The number of anilines is 1. The SMILES string of the molecule is CCC(C)Oc1cccc(C(=O)NNC(=O)CCC(=O)Nc2ccc(C)cc2C)c1. The van der Waals surface area contributed by atoms with Gasteiger partial charge in [-0.05, 0) is 57.0 Å². The Balaban J connectivity index is 1.78. The standard InChI is InChI=1S/C23H29N3O4/c1-5-17(4)30-19-8-6-7-18(14-19)23(29)26-25-22(28)12-11-21(27)24-20-10-9-15(2)13-16(20)3/h6-10,13-14,17H,5,11-12H2,1-4H3,(H,24,27)(H,25,28)(H,26,29). The molecule has 30 heavy (non-hydrogen) atoms. The second kappa shape index (κ2) is 11.0. The molecule has 2 rings (SSSR count). The first-order valence-electron chi connectivity index (χ1n) is 10.0. The number of carbonyl (C=O) groups is 3. The summed E-state index contributed by atoms with van der Waals surface area (Å²) in [5, 5.41) is 2.79. The Kier molecular flexibility index (Phi) is 8.41. The van der Waals surface area contributed by atoms with E-state index in [4.69, 9.17) is 4.74 Å². The van der Waals surface area contributed by atoms with Gasteiger partial charge in [0, 0.05) is 24.1 Å². The van der Waals surface area contributed by atoms with E-state index in [0.29, 0.717) is 11.3 Å². The molecule has 3 N–H and O–H groups in total. The number of hydrazine groups is 1. The summed E-state index contributed by atoms with van der Waals surface area (Å²) in [5.41, 5.74) is 7.84. The van der Waals surface area contributed by atoms with Crippen molar-refractivity contribution in [3.05, 3.63) is 59.2 Å². The Bertz CT molecular complexity index is 911. The van der Waals surface area contributed by atoms with Gasteiger partial charge in [-0.3, -0.25) is 25.2 Å². The number of amides is 3. The number of benzene rings is 2. The highest BCUT2D eigenvalue weighted by Gasteiger charge is 2.12. The molecule has 0 saturated heterocycles. The highest BCUT2D eigenvalue weighted by molar-refractivity contribution is 5.97. The summed E-state index contributed by atoms with van der Waals surface area (Å²) in [6, 6.07) is 12.5. The lowest BCUT2D eigenvalue weighted by atomic mass is 10.1. The van der Waals surface area contributed by atoms with Crippen LogP contribution in [-0.4, -0.2) is 23.8 Å². The molecule has 7 nitrogen and oxygen atoms in total. The van der Waals surface area contributed by atoms with Crippen LogP contribution in [0.2, 0.25) is 0 Å². The Morgan fingerprint density at radius 2 is 1.70 bits per heavy atom. The van der Waals surface area contributed by atoms with Crippen molar-refractivity contribution in [1.29, 1.82) is 0 Å². The zero-order valence-electron chi connectivity index (χ0n) is 17.9. The molecule has 0 aliphatic rings. The van der Waals surface area contributed by atoms with E-state index in [1.165, 1.54) is 0 Å². The molecule has 0 bridgehead atoms. The van der Waals surface area contributed by atoms with Gasteiger partial charge in [-0.1, -0.05) is 30.7 Å². The molecule has 0 spiro atoms. The first kappa shape index (κ1) is 22.9. The quantitative estimate of drug-likeness (QED) is 0.578. The molecule has 3 amide bonds. The maximum absolute atomic E-state index is 12.2. The number of rotatable bonds is 8. The summed E-state index contributed by atoms with van der Waals surface area (Å²) < 4.78 is 5.70. The summed E-state index contributed by atoms with van der Waals surface area (Å²) in [6.45, 7) is 7.85. The van der Waals surface area contributed by atoms with E-state index in [9.17, 15) is 14.4 Å². The molecule has 0 aliphatic carbocycles. The van der Waals surface area contributed by atoms with Gasteiger partial charge in [0.25, 0.3) is 5.91 Å². The van der Waals surface area contributed by atoms with Crippen LogP contribution < -0.4 is 20.9 Å².